The highest BCUT2D eigenvalue weighted by atomic mass is 17.2. The van der Waals surface area contributed by atoms with Crippen molar-refractivity contribution in [2.45, 2.75) is 244 Å². The van der Waals surface area contributed by atoms with Crippen LogP contribution in [0, 0.1) is 22.7 Å². The lowest BCUT2D eigenvalue weighted by molar-refractivity contribution is -0.411. The number of hydrogen-bond donors (Lipinski definition) is 2. The van der Waals surface area contributed by atoms with Crippen LogP contribution in [-0.2, 0) is 62.0 Å². The van der Waals surface area contributed by atoms with Crippen LogP contribution >= 0.6 is 0 Å². The van der Waals surface area contributed by atoms with Crippen molar-refractivity contribution in [1.82, 2.24) is 0 Å². The Kier molecular flexibility index (Phi) is 33.6. The van der Waals surface area contributed by atoms with E-state index in [2.05, 4.69) is 37.5 Å². The molecule has 15 heteroatoms. The van der Waals surface area contributed by atoms with Crippen LogP contribution in [0.5, 0.6) is 0 Å². The quantitative estimate of drug-likeness (QED) is 0.0256. The molecule has 0 saturated carbocycles. The molecule has 70 heavy (non-hydrogen) atoms. The van der Waals surface area contributed by atoms with Gasteiger partial charge in [0, 0.05) is 12.8 Å². The number of rotatable bonds is 40. The van der Waals surface area contributed by atoms with E-state index in [-0.39, 0.29) is 55.4 Å². The van der Waals surface area contributed by atoms with E-state index in [0.29, 0.717) is 78.0 Å². The molecule has 0 fully saturated rings. The molecule has 0 aromatic rings. The van der Waals surface area contributed by atoms with Gasteiger partial charge in [-0.2, -0.15) is 0 Å². The van der Waals surface area contributed by atoms with Crippen LogP contribution in [0.15, 0.2) is 22.9 Å². The highest BCUT2D eigenvalue weighted by Gasteiger charge is 2.60. The van der Waals surface area contributed by atoms with Crippen molar-refractivity contribution >= 4 is 11.9 Å². The smallest absolute Gasteiger partial charge is 0.338 e. The third kappa shape index (κ3) is 25.0. The third-order valence-electron chi connectivity index (χ3n) is 11.4. The highest BCUT2D eigenvalue weighted by Crippen LogP contribution is 2.50. The summed E-state index contributed by atoms with van der Waals surface area (Å²) in [6, 6.07) is 0. The molecule has 0 bridgehead atoms. The molecule has 0 aliphatic heterocycles. The standard InChI is InChI=1S/C50H92O13.C5H12O2/c1-17-22-26-32-59-49(58-31-23-18-2,60-34-37(8)9)28-24-25-29-50(57-30-19-3,61-38(10)20-4)63-42-39(44(51)52)40(56-35-46(11,12)13)41(62-47(14,15)21-5)43(48(42,16)45(53)54)55-33-27-36(6)7;1-3-5-7-6-4-2/h36-38,42H,17-35H2,1-16H3,(H,51,52)(H,53,54);3-5H2,1-2H3. The molecule has 2 N–H and O–H groups in total. The van der Waals surface area contributed by atoms with Gasteiger partial charge in [0.2, 0.25) is 5.76 Å². The highest BCUT2D eigenvalue weighted by molar-refractivity contribution is 5.93. The minimum absolute atomic E-state index is 0.0697. The zero-order chi connectivity index (χ0) is 53.6. The molecule has 0 saturated heterocycles. The summed E-state index contributed by atoms with van der Waals surface area (Å²) >= 11 is 0. The van der Waals surface area contributed by atoms with E-state index < -0.39 is 58.1 Å². The number of carboxylic acids is 2. The number of unbranched alkanes of at least 4 members (excludes halogenated alkanes) is 4. The van der Waals surface area contributed by atoms with Crippen molar-refractivity contribution in [3.05, 3.63) is 22.9 Å². The van der Waals surface area contributed by atoms with E-state index in [4.69, 9.17) is 42.6 Å². The lowest BCUT2D eigenvalue weighted by atomic mass is 9.73. The van der Waals surface area contributed by atoms with Crippen molar-refractivity contribution in [1.29, 1.82) is 0 Å². The summed E-state index contributed by atoms with van der Waals surface area (Å²) in [5.74, 6) is -5.81. The topological polar surface area (TPSA) is 176 Å². The maximum Gasteiger partial charge on any atom is 0.338 e. The van der Waals surface area contributed by atoms with Crippen LogP contribution in [-0.4, -0.2) is 105 Å². The van der Waals surface area contributed by atoms with Gasteiger partial charge in [0.25, 0.3) is 11.9 Å². The Hall–Kier alpha value is -2.50. The monoisotopic (exact) mass is 1000 g/mol. The summed E-state index contributed by atoms with van der Waals surface area (Å²) in [6.07, 6.45) is 7.32. The Morgan fingerprint density at radius 1 is 0.643 bits per heavy atom. The van der Waals surface area contributed by atoms with Crippen molar-refractivity contribution < 1.29 is 72.2 Å². The molecule has 414 valence electrons. The minimum atomic E-state index is -2.16. The summed E-state index contributed by atoms with van der Waals surface area (Å²) in [6.45, 7) is 38.3. The maximum atomic E-state index is 14.0. The first-order valence-corrected chi connectivity index (χ1v) is 26.9. The molecule has 0 heterocycles. The van der Waals surface area contributed by atoms with Gasteiger partial charge >= 0.3 is 11.9 Å². The van der Waals surface area contributed by atoms with E-state index in [9.17, 15) is 19.8 Å². The Morgan fingerprint density at radius 3 is 1.71 bits per heavy atom. The summed E-state index contributed by atoms with van der Waals surface area (Å²) in [5, 5.41) is 22.7. The molecular weight excluding hydrogens is 901 g/mol. The average Bonchev–Trinajstić information content (AvgIpc) is 3.28. The van der Waals surface area contributed by atoms with Gasteiger partial charge in [-0.15, -0.1) is 0 Å². The van der Waals surface area contributed by atoms with Crippen LogP contribution in [0.4, 0.5) is 0 Å². The van der Waals surface area contributed by atoms with E-state index in [1.807, 2.05) is 90.0 Å². The van der Waals surface area contributed by atoms with Gasteiger partial charge in [0.05, 0.1) is 59.0 Å². The SMILES string of the molecule is CCCCCOC(CCCCC(OCCC)(OC(C)CC)OC1C(C(=O)O)=C(OCC(C)(C)C)C(OC(C)(C)CC)=C(OCCC(C)C)C1(C)C(=O)O)(OCCCC)OCC(C)C.CCCOOCC. The van der Waals surface area contributed by atoms with Crippen molar-refractivity contribution in [2.75, 3.05) is 52.9 Å². The second-order valence-corrected chi connectivity index (χ2v) is 21.3. The predicted octanol–water partition coefficient (Wildman–Crippen LogP) is 13.5. The van der Waals surface area contributed by atoms with Crippen LogP contribution in [0.3, 0.4) is 0 Å². The first kappa shape index (κ1) is 67.5. The molecule has 0 aromatic heterocycles. The van der Waals surface area contributed by atoms with Gasteiger partial charge < -0.3 is 52.8 Å². The fourth-order valence-corrected chi connectivity index (χ4v) is 6.68. The molecule has 1 rings (SSSR count). The molecule has 0 spiro atoms. The lowest BCUT2D eigenvalue weighted by Gasteiger charge is -2.46. The van der Waals surface area contributed by atoms with E-state index in [0.717, 1.165) is 38.5 Å². The minimum Gasteiger partial charge on any atom is -0.493 e. The van der Waals surface area contributed by atoms with Crippen molar-refractivity contribution in [3.8, 4) is 0 Å². The fraction of sp³-hybridized carbons (Fsp3) is 0.891. The van der Waals surface area contributed by atoms with Gasteiger partial charge in [-0.05, 0) is 110 Å². The van der Waals surface area contributed by atoms with Gasteiger partial charge in [-0.25, -0.2) is 14.6 Å². The van der Waals surface area contributed by atoms with Crippen LogP contribution in [0.25, 0.3) is 0 Å². The molecule has 1 aliphatic rings. The van der Waals surface area contributed by atoms with Crippen LogP contribution in [0.1, 0.15) is 215 Å². The van der Waals surface area contributed by atoms with E-state index >= 15 is 0 Å². The molecule has 0 amide bonds. The number of ether oxygens (including phenoxy) is 9. The van der Waals surface area contributed by atoms with Gasteiger partial charge in [-0.1, -0.05) is 109 Å². The van der Waals surface area contributed by atoms with Crippen LogP contribution in [0.2, 0.25) is 0 Å². The fourth-order valence-electron chi connectivity index (χ4n) is 6.68. The Balaban J connectivity index is 0.00000628. The van der Waals surface area contributed by atoms with Crippen molar-refractivity contribution in [3.63, 3.8) is 0 Å². The number of carbonyl (C=O) groups is 2. The molecule has 0 radical (unpaired) electrons. The Morgan fingerprint density at radius 2 is 1.23 bits per heavy atom. The third-order valence-corrected chi connectivity index (χ3v) is 11.4. The second-order valence-electron chi connectivity index (χ2n) is 21.3. The second kappa shape index (κ2) is 34.8. The molecular formula is C55H104O15. The molecule has 5 unspecified atom stereocenters. The Labute approximate surface area is 425 Å². The summed E-state index contributed by atoms with van der Waals surface area (Å²) in [5.41, 5.74) is -3.87. The van der Waals surface area contributed by atoms with Crippen LogP contribution < -0.4 is 0 Å². The average molecular weight is 1010 g/mol. The lowest BCUT2D eigenvalue weighted by Crippen LogP contribution is -2.56. The summed E-state index contributed by atoms with van der Waals surface area (Å²) < 4.78 is 59.3. The van der Waals surface area contributed by atoms with Crippen molar-refractivity contribution in [2.24, 2.45) is 22.7 Å². The number of aliphatic carboxylic acids is 2. The zero-order valence-electron chi connectivity index (χ0n) is 47.6. The molecule has 1 aliphatic carbocycles. The largest absolute Gasteiger partial charge is 0.493 e. The Bertz CT molecular complexity index is 1480. The first-order chi connectivity index (χ1) is 32.8. The first-order valence-electron chi connectivity index (χ1n) is 26.9. The zero-order valence-corrected chi connectivity index (χ0v) is 47.6. The predicted molar refractivity (Wildman–Crippen MR) is 275 cm³/mol. The maximum absolute atomic E-state index is 14.0. The summed E-state index contributed by atoms with van der Waals surface area (Å²) in [7, 11) is 0. The van der Waals surface area contributed by atoms with Gasteiger partial charge in [-0.3, -0.25) is 4.79 Å². The number of hydrogen-bond acceptors (Lipinski definition) is 13. The molecule has 0 aromatic carbocycles. The van der Waals surface area contributed by atoms with Gasteiger partial charge in [0.15, 0.2) is 16.9 Å². The van der Waals surface area contributed by atoms with E-state index in [1.165, 1.54) is 6.92 Å². The van der Waals surface area contributed by atoms with E-state index in [1.54, 1.807) is 0 Å². The molecule has 15 nitrogen and oxygen atoms in total. The number of carboxylic acid groups (broad SMARTS) is 2. The summed E-state index contributed by atoms with van der Waals surface area (Å²) in [4.78, 5) is 37.1. The normalized spacial score (nSPS) is 18.9. The molecule has 5 atom stereocenters. The van der Waals surface area contributed by atoms with Gasteiger partial charge in [0.1, 0.15) is 17.3 Å².